The van der Waals surface area contributed by atoms with Gasteiger partial charge in [0.2, 0.25) is 0 Å². The van der Waals surface area contributed by atoms with Gasteiger partial charge >= 0.3 is 46.9 Å². The summed E-state index contributed by atoms with van der Waals surface area (Å²) in [6, 6.07) is 0. The van der Waals surface area contributed by atoms with Crippen molar-refractivity contribution >= 4 is 30.4 Å². The molecule has 0 rings (SSSR count). The molecule has 0 aromatic rings. The van der Waals surface area contributed by atoms with Crippen LogP contribution in [0.25, 0.3) is 0 Å². The second-order valence-corrected chi connectivity index (χ2v) is 7.00. The van der Waals surface area contributed by atoms with Crippen LogP contribution in [0.4, 0.5) is 39.5 Å². The summed E-state index contributed by atoms with van der Waals surface area (Å²) < 4.78 is 173. The van der Waals surface area contributed by atoms with E-state index in [4.69, 9.17) is 38.9 Å². The molecule has 23 heteroatoms. The standard InChI is InChI=1S/3CHF3O3S.La.H2O/c3*2-1(3,4)8(5,6)7;;/h3*(H,5,6,7);;1H2. The van der Waals surface area contributed by atoms with Crippen molar-refractivity contribution in [3.05, 3.63) is 0 Å². The largest absolute Gasteiger partial charge is 0.522 e. The summed E-state index contributed by atoms with van der Waals surface area (Å²) in [5.74, 6) is 0. The first-order chi connectivity index (χ1) is 9.75. The van der Waals surface area contributed by atoms with E-state index in [1.54, 1.807) is 0 Å². The van der Waals surface area contributed by atoms with Crippen LogP contribution in [0.15, 0.2) is 0 Å². The molecule has 0 bridgehead atoms. The minimum Gasteiger partial charge on any atom is -0.412 e. The van der Waals surface area contributed by atoms with Crippen LogP contribution in [0.2, 0.25) is 0 Å². The van der Waals surface area contributed by atoms with E-state index in [0.29, 0.717) is 0 Å². The Hall–Kier alpha value is 0.255. The van der Waals surface area contributed by atoms with Crippen molar-refractivity contribution < 1.29 is 120 Å². The minimum atomic E-state index is -5.84. The van der Waals surface area contributed by atoms with Crippen LogP contribution in [0.3, 0.4) is 0 Å². The molecular weight excluding hydrogens is 602 g/mol. The number of hydrogen-bond acceptors (Lipinski definition) is 6. The van der Waals surface area contributed by atoms with Crippen molar-refractivity contribution in [1.82, 2.24) is 0 Å². The molecule has 0 aliphatic heterocycles. The van der Waals surface area contributed by atoms with Crippen molar-refractivity contribution in [2.45, 2.75) is 16.5 Å². The molecule has 5 N–H and O–H groups in total. The van der Waals surface area contributed by atoms with Crippen LogP contribution in [-0.2, 0) is 30.4 Å². The van der Waals surface area contributed by atoms with Crippen molar-refractivity contribution in [3.8, 4) is 0 Å². The summed E-state index contributed by atoms with van der Waals surface area (Å²) in [6.07, 6.45) is 0. The number of hydrogen-bond donors (Lipinski definition) is 3. The fourth-order valence-electron chi connectivity index (χ4n) is 0. The van der Waals surface area contributed by atoms with Gasteiger partial charge in [-0.1, -0.05) is 0 Å². The van der Waals surface area contributed by atoms with Gasteiger partial charge in [-0.3, -0.25) is 13.7 Å². The third-order valence-corrected chi connectivity index (χ3v) is 2.63. The van der Waals surface area contributed by atoms with Crippen LogP contribution >= 0.6 is 0 Å². The Labute approximate surface area is 165 Å². The topological polar surface area (TPSA) is 195 Å². The van der Waals surface area contributed by atoms with Crippen LogP contribution < -0.4 is 0 Å². The van der Waals surface area contributed by atoms with Gasteiger partial charge in [-0.05, 0) is 0 Å². The average Bonchev–Trinajstić information content (AvgIpc) is 2.08. The molecule has 161 valence electrons. The number of rotatable bonds is 0. The molecule has 1 radical (unpaired) electrons. The van der Waals surface area contributed by atoms with Crippen molar-refractivity contribution in [2.24, 2.45) is 0 Å². The Morgan fingerprint density at radius 3 is 0.500 bits per heavy atom. The van der Waals surface area contributed by atoms with Crippen LogP contribution in [0.5, 0.6) is 0 Å². The van der Waals surface area contributed by atoms with E-state index in [9.17, 15) is 39.5 Å². The Kier molecular flexibility index (Phi) is 16.1. The smallest absolute Gasteiger partial charge is 0.412 e. The Morgan fingerprint density at radius 2 is 0.500 bits per heavy atom. The first kappa shape index (κ1) is 37.1. The molecule has 0 atom stereocenters. The molecule has 0 aromatic carbocycles. The molecular formula is C3H5F9LaO10S3. The van der Waals surface area contributed by atoms with Crippen molar-refractivity contribution in [1.29, 1.82) is 0 Å². The van der Waals surface area contributed by atoms with Crippen molar-refractivity contribution in [3.63, 3.8) is 0 Å². The van der Waals surface area contributed by atoms with Crippen molar-refractivity contribution in [2.75, 3.05) is 0 Å². The predicted octanol–water partition coefficient (Wildman–Crippen LogP) is 0.357. The quantitative estimate of drug-likeness (QED) is 0.198. The number of halogens is 9. The van der Waals surface area contributed by atoms with Gasteiger partial charge in [-0.15, -0.1) is 0 Å². The first-order valence-corrected chi connectivity index (χ1v) is 8.18. The van der Waals surface area contributed by atoms with E-state index in [1.165, 1.54) is 0 Å². The average molecular weight is 607 g/mol. The molecule has 0 amide bonds. The molecule has 0 unspecified atom stereocenters. The Balaban J connectivity index is -0.0000000817. The fraction of sp³-hybridized carbons (Fsp3) is 1.00. The molecule has 0 saturated heterocycles. The Bertz CT molecular complexity index is 598. The van der Waals surface area contributed by atoms with Crippen LogP contribution in [0.1, 0.15) is 0 Å². The van der Waals surface area contributed by atoms with Crippen LogP contribution in [-0.4, -0.2) is 60.9 Å². The van der Waals surface area contributed by atoms with Gasteiger partial charge in [0.05, 0.1) is 0 Å². The third-order valence-electron chi connectivity index (χ3n) is 0.877. The second-order valence-electron chi connectivity index (χ2n) is 2.76. The van der Waals surface area contributed by atoms with Crippen LogP contribution in [0, 0.1) is 35.6 Å². The monoisotopic (exact) mass is 607 g/mol. The maximum absolute atomic E-state index is 10.7. The third kappa shape index (κ3) is 17.7. The molecule has 10 nitrogen and oxygen atoms in total. The molecule has 0 aliphatic carbocycles. The van der Waals surface area contributed by atoms with Gasteiger partial charge in [0.1, 0.15) is 0 Å². The maximum atomic E-state index is 10.7. The zero-order chi connectivity index (χ0) is 21.0. The molecule has 0 heterocycles. The molecule has 0 saturated carbocycles. The molecule has 26 heavy (non-hydrogen) atoms. The summed E-state index contributed by atoms with van der Waals surface area (Å²) in [4.78, 5) is 0. The van der Waals surface area contributed by atoms with Gasteiger partial charge in [-0.2, -0.15) is 64.8 Å². The summed E-state index contributed by atoms with van der Waals surface area (Å²) in [5, 5.41) is 0. The minimum absolute atomic E-state index is 0. The zero-order valence-corrected chi connectivity index (χ0v) is 17.1. The zero-order valence-electron chi connectivity index (χ0n) is 11.0. The van der Waals surface area contributed by atoms with E-state index in [-0.39, 0.29) is 41.1 Å². The van der Waals surface area contributed by atoms with Gasteiger partial charge in [0.25, 0.3) is 0 Å². The first-order valence-electron chi connectivity index (χ1n) is 3.86. The van der Waals surface area contributed by atoms with Gasteiger partial charge < -0.3 is 5.48 Å². The predicted molar refractivity (Wildman–Crippen MR) is 56.4 cm³/mol. The van der Waals surface area contributed by atoms with Gasteiger partial charge in [-0.25, -0.2) is 0 Å². The van der Waals surface area contributed by atoms with E-state index in [0.717, 1.165) is 0 Å². The summed E-state index contributed by atoms with van der Waals surface area (Å²) in [6.45, 7) is 0. The molecule has 0 aliphatic rings. The summed E-state index contributed by atoms with van der Waals surface area (Å²) in [7, 11) is -17.5. The van der Waals surface area contributed by atoms with E-state index < -0.39 is 46.9 Å². The molecule has 0 fully saturated rings. The molecule has 0 spiro atoms. The molecule has 0 aromatic heterocycles. The summed E-state index contributed by atoms with van der Waals surface area (Å²) in [5.41, 5.74) is -16.6. The van der Waals surface area contributed by atoms with Gasteiger partial charge in [0.15, 0.2) is 0 Å². The SMILES string of the molecule is O.O=S(=O)(O)C(F)(F)F.O=S(=O)(O)C(F)(F)F.O=S(=O)(O)C(F)(F)F.[La]. The second kappa shape index (κ2) is 11.3. The maximum Gasteiger partial charge on any atom is 0.522 e. The van der Waals surface area contributed by atoms with E-state index >= 15 is 0 Å². The number of alkyl halides is 9. The fourth-order valence-corrected chi connectivity index (χ4v) is 0. The van der Waals surface area contributed by atoms with E-state index in [2.05, 4.69) is 0 Å². The van der Waals surface area contributed by atoms with Gasteiger partial charge in [0, 0.05) is 35.6 Å². The van der Waals surface area contributed by atoms with E-state index in [1.807, 2.05) is 0 Å². The summed E-state index contributed by atoms with van der Waals surface area (Å²) >= 11 is 0. The Morgan fingerprint density at radius 1 is 0.462 bits per heavy atom. The normalized spacial score (nSPS) is 12.9.